The van der Waals surface area contributed by atoms with E-state index in [1.54, 1.807) is 19.1 Å². The van der Waals surface area contributed by atoms with E-state index in [2.05, 4.69) is 10.3 Å². The molecule has 0 saturated carbocycles. The first-order valence-corrected chi connectivity index (χ1v) is 11.9. The topological polar surface area (TPSA) is 132 Å². The predicted octanol–water partition coefficient (Wildman–Crippen LogP) is 2.91. The van der Waals surface area contributed by atoms with Gasteiger partial charge in [0.2, 0.25) is 6.79 Å². The van der Waals surface area contributed by atoms with Crippen molar-refractivity contribution < 1.29 is 42.8 Å². The second-order valence-corrected chi connectivity index (χ2v) is 7.97. The Bertz CT molecular complexity index is 1020. The number of ether oxygens (including phenoxy) is 6. The summed E-state index contributed by atoms with van der Waals surface area (Å²) in [6.45, 7) is 6.61. The van der Waals surface area contributed by atoms with Gasteiger partial charge in [-0.25, -0.2) is 9.78 Å². The number of methoxy groups -OCH3 is 1. The molecule has 37 heavy (non-hydrogen) atoms. The van der Waals surface area contributed by atoms with Crippen molar-refractivity contribution in [1.82, 2.24) is 10.3 Å². The van der Waals surface area contributed by atoms with Crippen molar-refractivity contribution in [3.63, 3.8) is 0 Å². The number of nitrogens with one attached hydrogen (secondary N) is 1. The summed E-state index contributed by atoms with van der Waals surface area (Å²) in [5.74, 6) is -1.19. The molecule has 0 saturated heterocycles. The molecule has 0 aliphatic carbocycles. The number of nitrogens with zero attached hydrogens (tertiary/aromatic N) is 1. The minimum Gasteiger partial charge on any atom is -0.493 e. The third-order valence-electron chi connectivity index (χ3n) is 4.96. The lowest BCUT2D eigenvalue weighted by molar-refractivity contribution is -0.159. The molecule has 1 aromatic heterocycles. The average Bonchev–Trinajstić information content (AvgIpc) is 2.88. The molecule has 0 fully saturated rings. The first-order chi connectivity index (χ1) is 17.8. The van der Waals surface area contributed by atoms with Crippen LogP contribution in [0.15, 0.2) is 42.6 Å². The van der Waals surface area contributed by atoms with Crippen molar-refractivity contribution >= 4 is 17.8 Å². The number of esters is 2. The van der Waals surface area contributed by atoms with Gasteiger partial charge in [-0.1, -0.05) is 25.1 Å². The number of carbonyl (C=O) groups excluding carboxylic acids is 3. The highest BCUT2D eigenvalue weighted by Gasteiger charge is 2.29. The average molecular weight is 519 g/mol. The highest BCUT2D eigenvalue weighted by atomic mass is 16.7. The molecule has 1 heterocycles. The molecule has 0 bridgehead atoms. The number of amides is 1. The van der Waals surface area contributed by atoms with E-state index in [1.165, 1.54) is 33.2 Å². The van der Waals surface area contributed by atoms with Gasteiger partial charge >= 0.3 is 11.9 Å². The van der Waals surface area contributed by atoms with Gasteiger partial charge in [0.1, 0.15) is 17.9 Å². The fourth-order valence-electron chi connectivity index (χ4n) is 3.04. The summed E-state index contributed by atoms with van der Waals surface area (Å²) in [6, 6.07) is 9.58. The number of pyridine rings is 1. The molecule has 0 radical (unpaired) electrons. The number of carbonyl (C=O) groups is 3. The highest BCUT2D eigenvalue weighted by molar-refractivity contribution is 5.98. The van der Waals surface area contributed by atoms with Crippen LogP contribution in [0.5, 0.6) is 17.2 Å². The second kappa shape index (κ2) is 15.3. The maximum atomic E-state index is 12.9. The second-order valence-electron chi connectivity index (χ2n) is 7.97. The van der Waals surface area contributed by atoms with Crippen molar-refractivity contribution in [1.29, 1.82) is 0 Å². The van der Waals surface area contributed by atoms with Crippen LogP contribution >= 0.6 is 0 Å². The molecule has 1 N–H and O–H groups in total. The summed E-state index contributed by atoms with van der Waals surface area (Å²) in [7, 11) is 1.38. The van der Waals surface area contributed by atoms with Crippen LogP contribution in [-0.4, -0.2) is 68.2 Å². The molecule has 3 atom stereocenters. The van der Waals surface area contributed by atoms with E-state index >= 15 is 0 Å². The van der Waals surface area contributed by atoms with Gasteiger partial charge in [0.15, 0.2) is 23.3 Å². The van der Waals surface area contributed by atoms with E-state index in [4.69, 9.17) is 28.4 Å². The smallest absolute Gasteiger partial charge is 0.328 e. The fourth-order valence-corrected chi connectivity index (χ4v) is 3.04. The summed E-state index contributed by atoms with van der Waals surface area (Å²) < 4.78 is 32.6. The maximum Gasteiger partial charge on any atom is 0.328 e. The molecule has 11 heteroatoms. The van der Waals surface area contributed by atoms with Crippen molar-refractivity contribution in [3.8, 4) is 17.2 Å². The summed E-state index contributed by atoms with van der Waals surface area (Å²) in [5, 5.41) is 2.55. The van der Waals surface area contributed by atoms with Crippen molar-refractivity contribution in [3.05, 3.63) is 48.3 Å². The van der Waals surface area contributed by atoms with Gasteiger partial charge in [0, 0.05) is 25.8 Å². The van der Waals surface area contributed by atoms with E-state index in [9.17, 15) is 14.4 Å². The lowest BCUT2D eigenvalue weighted by Crippen LogP contribution is -2.45. The number of para-hydroxylation sites is 1. The van der Waals surface area contributed by atoms with Gasteiger partial charge < -0.3 is 33.7 Å². The van der Waals surface area contributed by atoms with Crippen molar-refractivity contribution in [2.45, 2.75) is 52.4 Å². The quantitative estimate of drug-likeness (QED) is 0.213. The highest BCUT2D eigenvalue weighted by Crippen LogP contribution is 2.29. The third kappa shape index (κ3) is 9.60. The summed E-state index contributed by atoms with van der Waals surface area (Å²) >= 11 is 0. The Labute approximate surface area is 216 Å². The van der Waals surface area contributed by atoms with Crippen LogP contribution in [0.1, 0.15) is 44.6 Å². The van der Waals surface area contributed by atoms with Gasteiger partial charge in [0.25, 0.3) is 5.91 Å². The van der Waals surface area contributed by atoms with Gasteiger partial charge in [0.05, 0.1) is 13.7 Å². The molecule has 0 spiro atoms. The first kappa shape index (κ1) is 29.4. The van der Waals surface area contributed by atoms with Crippen LogP contribution in [0.3, 0.4) is 0 Å². The van der Waals surface area contributed by atoms with Gasteiger partial charge in [-0.05, 0) is 32.4 Å². The number of rotatable bonds is 15. The van der Waals surface area contributed by atoms with Gasteiger partial charge in [-0.2, -0.15) is 0 Å². The number of aromatic nitrogens is 1. The molecule has 0 aliphatic rings. The lowest BCUT2D eigenvalue weighted by Gasteiger charge is -2.26. The summed E-state index contributed by atoms with van der Waals surface area (Å²) in [6.07, 6.45) is 0.902. The molecule has 0 aliphatic heterocycles. The molecule has 1 amide bonds. The minimum absolute atomic E-state index is 0.0416. The van der Waals surface area contributed by atoms with Crippen molar-refractivity contribution in [2.75, 3.05) is 27.1 Å². The SMILES string of the molecule is CCCOC[C@@H](OC(=O)[C@H](C)NC(=O)c1nccc(OC)c1OCOC(C)=O)[C@H](C)Oc1ccccc1. The van der Waals surface area contributed by atoms with Gasteiger partial charge in [-0.15, -0.1) is 0 Å². The molecule has 202 valence electrons. The summed E-state index contributed by atoms with van der Waals surface area (Å²) in [4.78, 5) is 40.9. The lowest BCUT2D eigenvalue weighted by atomic mass is 10.2. The molecular weight excluding hydrogens is 484 g/mol. The van der Waals surface area contributed by atoms with Gasteiger partial charge in [-0.3, -0.25) is 9.59 Å². The van der Waals surface area contributed by atoms with E-state index in [1.807, 2.05) is 25.1 Å². The first-order valence-electron chi connectivity index (χ1n) is 11.9. The zero-order chi connectivity index (χ0) is 27.2. The van der Waals surface area contributed by atoms with Crippen LogP contribution in [0, 0.1) is 0 Å². The Kier molecular flexibility index (Phi) is 12.1. The molecule has 2 rings (SSSR count). The number of hydrogen-bond donors (Lipinski definition) is 1. The number of hydrogen-bond acceptors (Lipinski definition) is 10. The Morgan fingerprint density at radius 2 is 1.81 bits per heavy atom. The standard InChI is InChI=1S/C26H34N2O9/c1-6-14-33-15-22(18(3)36-20-10-8-7-9-11-20)37-26(31)17(2)28-25(30)23-24(35-16-34-19(4)29)21(32-5)12-13-27-23/h7-13,17-18,22H,6,14-16H2,1-5H3,(H,28,30)/t17-,18-,22+/m0/s1. The Balaban J connectivity index is 2.08. The maximum absolute atomic E-state index is 12.9. The van der Waals surface area contributed by atoms with Crippen LogP contribution in [-0.2, 0) is 23.8 Å². The fraction of sp³-hybridized carbons (Fsp3) is 0.462. The molecular formula is C26H34N2O9. The van der Waals surface area contributed by atoms with Crippen LogP contribution in [0.4, 0.5) is 0 Å². The van der Waals surface area contributed by atoms with Crippen LogP contribution < -0.4 is 19.5 Å². The zero-order valence-electron chi connectivity index (χ0n) is 21.7. The molecule has 1 aromatic carbocycles. The monoisotopic (exact) mass is 518 g/mol. The Morgan fingerprint density at radius 3 is 2.46 bits per heavy atom. The largest absolute Gasteiger partial charge is 0.493 e. The van der Waals surface area contributed by atoms with E-state index in [0.29, 0.717) is 12.4 Å². The zero-order valence-corrected chi connectivity index (χ0v) is 21.7. The summed E-state index contributed by atoms with van der Waals surface area (Å²) in [5.41, 5.74) is -0.158. The van der Waals surface area contributed by atoms with E-state index < -0.39 is 42.9 Å². The molecule has 11 nitrogen and oxygen atoms in total. The minimum atomic E-state index is -1.04. The Morgan fingerprint density at radius 1 is 1.08 bits per heavy atom. The van der Waals surface area contributed by atoms with Crippen LogP contribution in [0.25, 0.3) is 0 Å². The predicted molar refractivity (Wildman–Crippen MR) is 133 cm³/mol. The van der Waals surface area contributed by atoms with E-state index in [-0.39, 0.29) is 23.8 Å². The molecule has 0 unspecified atom stereocenters. The third-order valence-corrected chi connectivity index (χ3v) is 4.96. The Hall–Kier alpha value is -3.86. The normalized spacial score (nSPS) is 13.0. The molecule has 2 aromatic rings. The van der Waals surface area contributed by atoms with Crippen molar-refractivity contribution in [2.24, 2.45) is 0 Å². The number of benzene rings is 1. The van der Waals surface area contributed by atoms with E-state index in [0.717, 1.165) is 6.42 Å². The van der Waals surface area contributed by atoms with Crippen LogP contribution in [0.2, 0.25) is 0 Å².